The molecule has 1 saturated heterocycles. The van der Waals surface area contributed by atoms with Gasteiger partial charge in [-0.15, -0.1) is 0 Å². The van der Waals surface area contributed by atoms with Gasteiger partial charge in [0.05, 0.1) is 18.7 Å². The summed E-state index contributed by atoms with van der Waals surface area (Å²) in [5, 5.41) is 19.9. The van der Waals surface area contributed by atoms with Gasteiger partial charge in [0.1, 0.15) is 11.5 Å². The monoisotopic (exact) mass is 467 g/mol. The van der Waals surface area contributed by atoms with Crippen LogP contribution in [0, 0.1) is 0 Å². The molecule has 0 aliphatic carbocycles. The fraction of sp³-hybridized carbons (Fsp3) is 0.320. The highest BCUT2D eigenvalue weighted by Crippen LogP contribution is 2.43. The van der Waals surface area contributed by atoms with Crippen LogP contribution in [0.15, 0.2) is 48.0 Å². The Hall–Kier alpha value is -4.01. The van der Waals surface area contributed by atoms with Crippen LogP contribution in [-0.4, -0.2) is 53.2 Å². The molecule has 178 valence electrons. The first kappa shape index (κ1) is 23.2. The van der Waals surface area contributed by atoms with Crippen molar-refractivity contribution < 1.29 is 38.8 Å². The Morgan fingerprint density at radius 1 is 1.03 bits per heavy atom. The molecule has 34 heavy (non-hydrogen) atoms. The van der Waals surface area contributed by atoms with Crippen LogP contribution < -0.4 is 14.2 Å². The van der Waals surface area contributed by atoms with Crippen molar-refractivity contribution in [3.05, 3.63) is 59.2 Å². The quantitative estimate of drug-likeness (QED) is 0.249. The number of aliphatic hydroxyl groups is 1. The van der Waals surface area contributed by atoms with E-state index in [0.29, 0.717) is 47.6 Å². The summed E-state index contributed by atoms with van der Waals surface area (Å²) in [6.45, 7) is 0.317. The molecule has 2 aliphatic rings. The van der Waals surface area contributed by atoms with Gasteiger partial charge in [-0.1, -0.05) is 12.5 Å². The number of carbonyl (C=O) groups is 3. The highest BCUT2D eigenvalue weighted by Gasteiger charge is 2.46. The first-order valence-electron chi connectivity index (χ1n) is 10.9. The predicted octanol–water partition coefficient (Wildman–Crippen LogP) is 3.49. The largest absolute Gasteiger partial charge is 0.507 e. The Morgan fingerprint density at radius 3 is 2.47 bits per heavy atom. The zero-order valence-electron chi connectivity index (χ0n) is 18.7. The van der Waals surface area contributed by atoms with Gasteiger partial charge in [-0.2, -0.15) is 0 Å². The summed E-state index contributed by atoms with van der Waals surface area (Å²) in [6.07, 6.45) is 1.62. The van der Waals surface area contributed by atoms with E-state index in [1.165, 1.54) is 12.0 Å². The molecule has 2 aromatic rings. The van der Waals surface area contributed by atoms with Crippen molar-refractivity contribution in [2.75, 3.05) is 20.4 Å². The van der Waals surface area contributed by atoms with E-state index in [2.05, 4.69) is 0 Å². The number of hydrogen-bond donors (Lipinski definition) is 2. The number of benzene rings is 2. The molecular formula is C25H25NO8. The van der Waals surface area contributed by atoms with E-state index < -0.39 is 23.7 Å². The van der Waals surface area contributed by atoms with E-state index in [-0.39, 0.29) is 31.1 Å². The number of carbonyl (C=O) groups excluding carboxylic acids is 2. The molecule has 1 atom stereocenters. The minimum absolute atomic E-state index is 0.0143. The Balaban J connectivity index is 1.70. The lowest BCUT2D eigenvalue weighted by molar-refractivity contribution is -0.140. The van der Waals surface area contributed by atoms with Crippen LogP contribution in [0.4, 0.5) is 0 Å². The van der Waals surface area contributed by atoms with E-state index in [9.17, 15) is 19.5 Å². The molecular weight excluding hydrogens is 442 g/mol. The third-order valence-corrected chi connectivity index (χ3v) is 5.91. The summed E-state index contributed by atoms with van der Waals surface area (Å²) >= 11 is 0. The molecule has 2 N–H and O–H groups in total. The van der Waals surface area contributed by atoms with Crippen molar-refractivity contribution in [3.63, 3.8) is 0 Å². The number of ketones is 1. The van der Waals surface area contributed by atoms with Gasteiger partial charge in [0, 0.05) is 18.5 Å². The van der Waals surface area contributed by atoms with Crippen LogP contribution in [0.1, 0.15) is 42.9 Å². The molecule has 9 heteroatoms. The number of unbranched alkanes of at least 4 members (excludes halogenated alkanes) is 2. The fourth-order valence-electron chi connectivity index (χ4n) is 4.18. The topological polar surface area (TPSA) is 123 Å². The lowest BCUT2D eigenvalue weighted by Crippen LogP contribution is -2.30. The minimum Gasteiger partial charge on any atom is -0.507 e. The van der Waals surface area contributed by atoms with Crippen LogP contribution >= 0.6 is 0 Å². The highest BCUT2D eigenvalue weighted by molar-refractivity contribution is 6.46. The molecule has 1 fully saturated rings. The predicted molar refractivity (Wildman–Crippen MR) is 121 cm³/mol. The number of methoxy groups -OCH3 is 1. The van der Waals surface area contributed by atoms with E-state index in [4.69, 9.17) is 19.3 Å². The van der Waals surface area contributed by atoms with Crippen LogP contribution in [0.5, 0.6) is 17.2 Å². The number of fused-ring (bicyclic) bond motifs is 1. The Labute approximate surface area is 196 Å². The lowest BCUT2D eigenvalue weighted by atomic mass is 9.95. The zero-order valence-corrected chi connectivity index (χ0v) is 18.7. The van der Waals surface area contributed by atoms with Crippen LogP contribution in [0.3, 0.4) is 0 Å². The van der Waals surface area contributed by atoms with E-state index in [0.717, 1.165) is 0 Å². The number of aliphatic carboxylic acids is 1. The number of amides is 1. The van der Waals surface area contributed by atoms with Crippen molar-refractivity contribution >= 4 is 23.4 Å². The van der Waals surface area contributed by atoms with Gasteiger partial charge in [-0.25, -0.2) is 0 Å². The summed E-state index contributed by atoms with van der Waals surface area (Å²) in [5.41, 5.74) is 0.967. The number of rotatable bonds is 9. The Bertz CT molecular complexity index is 1140. The maximum atomic E-state index is 13.1. The average molecular weight is 467 g/mol. The molecule has 0 aromatic heterocycles. The van der Waals surface area contributed by atoms with Gasteiger partial charge >= 0.3 is 5.97 Å². The SMILES string of the molecule is COc1ccc(C(O)=C2C(=O)C(=O)N(CCCCCC(=O)O)[C@@H]2c2ccc3c(c2)OCO3)cc1. The number of ether oxygens (including phenoxy) is 3. The summed E-state index contributed by atoms with van der Waals surface area (Å²) in [4.78, 5) is 38.3. The summed E-state index contributed by atoms with van der Waals surface area (Å²) in [7, 11) is 1.52. The molecule has 2 heterocycles. The fourth-order valence-corrected chi connectivity index (χ4v) is 4.18. The Kier molecular flexibility index (Phi) is 6.72. The molecule has 0 bridgehead atoms. The molecule has 4 rings (SSSR count). The van der Waals surface area contributed by atoms with Crippen molar-refractivity contribution in [1.82, 2.24) is 4.90 Å². The second-order valence-corrected chi connectivity index (χ2v) is 8.04. The number of likely N-dealkylation sites (tertiary alicyclic amines) is 1. The number of hydrogen-bond acceptors (Lipinski definition) is 7. The van der Waals surface area contributed by atoms with Crippen LogP contribution in [-0.2, 0) is 14.4 Å². The van der Waals surface area contributed by atoms with Crippen molar-refractivity contribution in [2.45, 2.75) is 31.7 Å². The summed E-state index contributed by atoms with van der Waals surface area (Å²) in [5.74, 6) is -1.00. The number of carboxylic acids is 1. The second-order valence-electron chi connectivity index (χ2n) is 8.04. The first-order valence-corrected chi connectivity index (χ1v) is 10.9. The molecule has 2 aromatic carbocycles. The van der Waals surface area contributed by atoms with Gasteiger partial charge < -0.3 is 29.3 Å². The normalized spacial score (nSPS) is 18.4. The Morgan fingerprint density at radius 2 is 1.76 bits per heavy atom. The van der Waals surface area contributed by atoms with E-state index in [1.54, 1.807) is 42.5 Å². The highest BCUT2D eigenvalue weighted by atomic mass is 16.7. The molecule has 0 saturated carbocycles. The first-order chi connectivity index (χ1) is 16.4. The van der Waals surface area contributed by atoms with E-state index >= 15 is 0 Å². The zero-order chi connectivity index (χ0) is 24.2. The van der Waals surface area contributed by atoms with E-state index in [1.807, 2.05) is 0 Å². The van der Waals surface area contributed by atoms with Gasteiger partial charge in [-0.05, 0) is 54.8 Å². The summed E-state index contributed by atoms with van der Waals surface area (Å²) in [6, 6.07) is 10.9. The van der Waals surface area contributed by atoms with Crippen LogP contribution in [0.25, 0.3) is 5.76 Å². The number of nitrogens with zero attached hydrogens (tertiary/aromatic N) is 1. The standard InChI is InChI=1S/C25H25NO8/c1-32-17-9-6-15(7-10-17)23(29)21-22(16-8-11-18-19(13-16)34-14-33-18)26(25(31)24(21)30)12-4-2-3-5-20(27)28/h6-11,13,22,29H,2-5,12,14H2,1H3,(H,27,28)/t22-/m1/s1. The van der Waals surface area contributed by atoms with Crippen molar-refractivity contribution in [2.24, 2.45) is 0 Å². The number of carboxylic acid groups (broad SMARTS) is 1. The lowest BCUT2D eigenvalue weighted by Gasteiger charge is -2.25. The molecule has 1 amide bonds. The number of Topliss-reactive ketones (excluding diaryl/α,β-unsaturated/α-hetero) is 1. The second kappa shape index (κ2) is 9.86. The van der Waals surface area contributed by atoms with Gasteiger partial charge in [-0.3, -0.25) is 14.4 Å². The van der Waals surface area contributed by atoms with Crippen LogP contribution in [0.2, 0.25) is 0 Å². The maximum absolute atomic E-state index is 13.1. The van der Waals surface area contributed by atoms with Gasteiger partial charge in [0.25, 0.3) is 11.7 Å². The molecule has 0 radical (unpaired) electrons. The third kappa shape index (κ3) is 4.54. The van der Waals surface area contributed by atoms with Gasteiger partial charge in [0.15, 0.2) is 11.5 Å². The van der Waals surface area contributed by atoms with Crippen molar-refractivity contribution in [1.29, 1.82) is 0 Å². The van der Waals surface area contributed by atoms with Crippen molar-refractivity contribution in [3.8, 4) is 17.2 Å². The average Bonchev–Trinajstić information content (AvgIpc) is 3.40. The summed E-state index contributed by atoms with van der Waals surface area (Å²) < 4.78 is 16.0. The molecule has 0 spiro atoms. The smallest absolute Gasteiger partial charge is 0.303 e. The number of aliphatic hydroxyl groups excluding tert-OH is 1. The van der Waals surface area contributed by atoms with Gasteiger partial charge in [0.2, 0.25) is 6.79 Å². The minimum atomic E-state index is -0.875. The molecule has 9 nitrogen and oxygen atoms in total. The molecule has 0 unspecified atom stereocenters. The molecule has 2 aliphatic heterocycles. The maximum Gasteiger partial charge on any atom is 0.303 e. The third-order valence-electron chi connectivity index (χ3n) is 5.91.